The molecule has 38 heavy (non-hydrogen) atoms. The van der Waals surface area contributed by atoms with Crippen molar-refractivity contribution in [1.29, 1.82) is 0 Å². The van der Waals surface area contributed by atoms with Crippen LogP contribution in [0.15, 0.2) is 49.0 Å². The first-order chi connectivity index (χ1) is 18.1. The molecule has 1 aliphatic rings. The SMILES string of the molecule is C=C(Nc1ccc(N(CCC)CCC)c(OC)c1)c1ccc(C2CCCCC2)cc1.CC(=O)OC(C)(C)C. The highest BCUT2D eigenvalue weighted by Crippen LogP contribution is 2.34. The maximum atomic E-state index is 10.2. The van der Waals surface area contributed by atoms with Crippen LogP contribution in [0.3, 0.4) is 0 Å². The number of ether oxygens (including phenoxy) is 2. The fourth-order valence-corrected chi connectivity index (χ4v) is 4.98. The van der Waals surface area contributed by atoms with Crippen LogP contribution >= 0.6 is 0 Å². The minimum absolute atomic E-state index is 0.225. The van der Waals surface area contributed by atoms with Crippen LogP contribution in [0.2, 0.25) is 0 Å². The predicted octanol–water partition coefficient (Wildman–Crippen LogP) is 8.80. The third-order valence-corrected chi connectivity index (χ3v) is 6.59. The molecule has 2 aromatic carbocycles. The van der Waals surface area contributed by atoms with E-state index >= 15 is 0 Å². The molecule has 5 heteroatoms. The number of hydrogen-bond acceptors (Lipinski definition) is 5. The highest BCUT2D eigenvalue weighted by atomic mass is 16.6. The Labute approximate surface area is 231 Å². The van der Waals surface area contributed by atoms with E-state index in [4.69, 9.17) is 9.47 Å². The van der Waals surface area contributed by atoms with Crippen molar-refractivity contribution >= 4 is 23.0 Å². The van der Waals surface area contributed by atoms with Gasteiger partial charge in [-0.25, -0.2) is 0 Å². The lowest BCUT2D eigenvalue weighted by Gasteiger charge is -2.26. The standard InChI is InChI=1S/C27H38N2O.C6H12O2/c1-5-18-29(19-6-2)26-17-16-25(20-27(26)30-4)28-21(3)22-12-14-24(15-13-22)23-10-8-7-9-11-23;1-5(7)8-6(2,3)4/h12-17,20,23,28H,3,5-11,18-19H2,1-2,4H3;1-4H3. The van der Waals surface area contributed by atoms with Gasteiger partial charge in [-0.2, -0.15) is 0 Å². The van der Waals surface area contributed by atoms with Gasteiger partial charge in [0.2, 0.25) is 0 Å². The van der Waals surface area contributed by atoms with Gasteiger partial charge in [-0.1, -0.05) is 64.0 Å². The largest absolute Gasteiger partial charge is 0.495 e. The average Bonchev–Trinajstić information content (AvgIpc) is 2.88. The zero-order chi connectivity index (χ0) is 28.1. The van der Waals surface area contributed by atoms with Gasteiger partial charge in [0.05, 0.1) is 12.8 Å². The van der Waals surface area contributed by atoms with Gasteiger partial charge in [0.1, 0.15) is 11.4 Å². The van der Waals surface area contributed by atoms with Gasteiger partial charge in [0.25, 0.3) is 0 Å². The molecule has 1 aliphatic carbocycles. The van der Waals surface area contributed by atoms with E-state index in [0.717, 1.165) is 60.2 Å². The fraction of sp³-hybridized carbons (Fsp3) is 0.545. The van der Waals surface area contributed by atoms with Gasteiger partial charge < -0.3 is 19.7 Å². The van der Waals surface area contributed by atoms with Crippen LogP contribution in [0.1, 0.15) is 104 Å². The van der Waals surface area contributed by atoms with Gasteiger partial charge in [0, 0.05) is 37.5 Å². The van der Waals surface area contributed by atoms with Crippen LogP contribution in [0, 0.1) is 0 Å². The van der Waals surface area contributed by atoms with Crippen molar-refractivity contribution in [2.24, 2.45) is 0 Å². The Morgan fingerprint density at radius 1 is 1.00 bits per heavy atom. The molecule has 0 bridgehead atoms. The number of carbonyl (C=O) groups is 1. The van der Waals surface area contributed by atoms with Crippen molar-refractivity contribution in [1.82, 2.24) is 0 Å². The minimum Gasteiger partial charge on any atom is -0.495 e. The van der Waals surface area contributed by atoms with Crippen LogP contribution in [-0.2, 0) is 9.53 Å². The summed E-state index contributed by atoms with van der Waals surface area (Å²) in [6, 6.07) is 15.3. The molecule has 5 nitrogen and oxygen atoms in total. The van der Waals surface area contributed by atoms with Gasteiger partial charge >= 0.3 is 5.97 Å². The van der Waals surface area contributed by atoms with Gasteiger partial charge in [-0.3, -0.25) is 4.79 Å². The molecule has 0 amide bonds. The summed E-state index contributed by atoms with van der Waals surface area (Å²) in [5.41, 5.74) is 5.37. The van der Waals surface area contributed by atoms with Gasteiger partial charge in [0.15, 0.2) is 0 Å². The minimum atomic E-state index is -0.328. The van der Waals surface area contributed by atoms with E-state index in [1.54, 1.807) is 7.11 Å². The quantitative estimate of drug-likeness (QED) is 0.316. The molecule has 2 aromatic rings. The Morgan fingerprint density at radius 3 is 2.08 bits per heavy atom. The van der Waals surface area contributed by atoms with Crippen LogP contribution in [0.25, 0.3) is 5.70 Å². The molecule has 0 unspecified atom stereocenters. The summed E-state index contributed by atoms with van der Waals surface area (Å²) in [7, 11) is 1.75. The molecule has 0 aliphatic heterocycles. The van der Waals surface area contributed by atoms with E-state index in [9.17, 15) is 4.79 Å². The maximum Gasteiger partial charge on any atom is 0.303 e. The number of nitrogens with one attached hydrogen (secondary N) is 1. The summed E-state index contributed by atoms with van der Waals surface area (Å²) in [6.07, 6.45) is 9.04. The summed E-state index contributed by atoms with van der Waals surface area (Å²) >= 11 is 0. The molecule has 0 saturated heterocycles. The molecule has 0 spiro atoms. The second-order valence-corrected chi connectivity index (χ2v) is 11.1. The average molecular weight is 523 g/mol. The second-order valence-electron chi connectivity index (χ2n) is 11.1. The van der Waals surface area contributed by atoms with E-state index in [2.05, 4.69) is 73.1 Å². The molecule has 1 fully saturated rings. The number of carbonyl (C=O) groups excluding carboxylic acids is 1. The van der Waals surface area contributed by atoms with Crippen molar-refractivity contribution in [3.05, 3.63) is 60.2 Å². The third-order valence-electron chi connectivity index (χ3n) is 6.59. The number of hydrogen-bond donors (Lipinski definition) is 1. The molecular formula is C33H50N2O3. The lowest BCUT2D eigenvalue weighted by Crippen LogP contribution is -2.25. The third kappa shape index (κ3) is 10.4. The van der Waals surface area contributed by atoms with Gasteiger partial charge in [-0.15, -0.1) is 0 Å². The van der Waals surface area contributed by atoms with Crippen LogP contribution in [0.5, 0.6) is 5.75 Å². The molecule has 3 rings (SSSR count). The first kappa shape index (κ1) is 31.3. The van der Waals surface area contributed by atoms with E-state index in [0.29, 0.717) is 0 Å². The molecule has 0 radical (unpaired) electrons. The Kier molecular flexibility index (Phi) is 12.7. The van der Waals surface area contributed by atoms with Crippen LogP contribution in [0.4, 0.5) is 11.4 Å². The smallest absolute Gasteiger partial charge is 0.303 e. The normalized spacial score (nSPS) is 13.7. The summed E-state index contributed by atoms with van der Waals surface area (Å²) in [6.45, 7) is 17.7. The highest BCUT2D eigenvalue weighted by Gasteiger charge is 2.16. The Hall–Kier alpha value is -2.95. The van der Waals surface area contributed by atoms with Crippen molar-refractivity contribution in [2.45, 2.75) is 98.0 Å². The number of nitrogens with zero attached hydrogens (tertiary/aromatic N) is 1. The number of benzene rings is 2. The summed E-state index contributed by atoms with van der Waals surface area (Å²) in [4.78, 5) is 12.6. The first-order valence-electron chi connectivity index (χ1n) is 14.3. The monoisotopic (exact) mass is 522 g/mol. The second kappa shape index (κ2) is 15.5. The number of esters is 1. The Balaban J connectivity index is 0.000000550. The van der Waals surface area contributed by atoms with E-state index < -0.39 is 0 Å². The number of rotatable bonds is 10. The Bertz CT molecular complexity index is 996. The topological polar surface area (TPSA) is 50.8 Å². The van der Waals surface area contributed by atoms with Crippen molar-refractivity contribution in [3.63, 3.8) is 0 Å². The maximum absolute atomic E-state index is 10.2. The van der Waals surface area contributed by atoms with Crippen LogP contribution in [-0.4, -0.2) is 31.8 Å². The fourth-order valence-electron chi connectivity index (χ4n) is 4.98. The first-order valence-corrected chi connectivity index (χ1v) is 14.3. The molecule has 1 saturated carbocycles. The van der Waals surface area contributed by atoms with Crippen molar-refractivity contribution < 1.29 is 14.3 Å². The zero-order valence-electron chi connectivity index (χ0n) is 24.9. The number of methoxy groups -OCH3 is 1. The molecular weight excluding hydrogens is 472 g/mol. The number of anilines is 2. The van der Waals surface area contributed by atoms with E-state index in [-0.39, 0.29) is 11.6 Å². The summed E-state index contributed by atoms with van der Waals surface area (Å²) in [5, 5.41) is 3.47. The zero-order valence-corrected chi connectivity index (χ0v) is 24.9. The van der Waals surface area contributed by atoms with E-state index in [1.807, 2.05) is 20.8 Å². The molecule has 0 aromatic heterocycles. The lowest BCUT2D eigenvalue weighted by atomic mass is 9.84. The van der Waals surface area contributed by atoms with Crippen LogP contribution < -0.4 is 15.0 Å². The highest BCUT2D eigenvalue weighted by molar-refractivity contribution is 5.77. The lowest BCUT2D eigenvalue weighted by molar-refractivity contribution is -0.151. The van der Waals surface area contributed by atoms with E-state index in [1.165, 1.54) is 44.6 Å². The Morgan fingerprint density at radius 2 is 1.61 bits per heavy atom. The summed E-state index contributed by atoms with van der Waals surface area (Å²) < 4.78 is 10.5. The van der Waals surface area contributed by atoms with Gasteiger partial charge in [-0.05, 0) is 75.6 Å². The molecule has 210 valence electrons. The molecule has 1 N–H and O–H groups in total. The molecule has 0 atom stereocenters. The van der Waals surface area contributed by atoms with Crippen molar-refractivity contribution in [3.8, 4) is 5.75 Å². The van der Waals surface area contributed by atoms with Crippen molar-refractivity contribution in [2.75, 3.05) is 30.4 Å². The summed E-state index contributed by atoms with van der Waals surface area (Å²) in [5.74, 6) is 1.42. The predicted molar refractivity (Wildman–Crippen MR) is 162 cm³/mol. The molecule has 0 heterocycles.